The lowest BCUT2D eigenvalue weighted by Crippen LogP contribution is -2.16. The summed E-state index contributed by atoms with van der Waals surface area (Å²) >= 11 is 1.12. The van der Waals surface area contributed by atoms with Gasteiger partial charge in [-0.3, -0.25) is 0 Å². The minimum Gasteiger partial charge on any atom is -0.312 e. The van der Waals surface area contributed by atoms with Crippen LogP contribution in [0.25, 0.3) is 10.2 Å². The molecule has 0 saturated heterocycles. The van der Waals surface area contributed by atoms with Crippen molar-refractivity contribution in [3.8, 4) is 0 Å². The summed E-state index contributed by atoms with van der Waals surface area (Å²) in [6.45, 7) is 4.04. The third-order valence-corrected chi connectivity index (χ3v) is 7.18. The molecule has 0 aliphatic carbocycles. The topological polar surface area (TPSA) is 85.6 Å². The Kier molecular flexibility index (Phi) is 4.87. The number of rotatable bonds is 5. The van der Waals surface area contributed by atoms with Crippen LogP contribution in [0, 0.1) is 0 Å². The minimum absolute atomic E-state index is 0.0967. The van der Waals surface area contributed by atoms with Gasteiger partial charge < -0.3 is 4.57 Å². The zero-order chi connectivity index (χ0) is 18.9. The van der Waals surface area contributed by atoms with E-state index in [-0.39, 0.29) is 14.6 Å². The van der Waals surface area contributed by atoms with Gasteiger partial charge in [0.2, 0.25) is 4.80 Å². The van der Waals surface area contributed by atoms with Crippen molar-refractivity contribution in [3.63, 3.8) is 0 Å². The highest BCUT2D eigenvalue weighted by Crippen LogP contribution is 2.22. The van der Waals surface area contributed by atoms with Crippen molar-refractivity contribution in [2.75, 3.05) is 6.26 Å². The lowest BCUT2D eigenvalue weighted by molar-refractivity contribution is 0.595. The zero-order valence-electron chi connectivity index (χ0n) is 13.9. The number of allylic oxidation sites excluding steroid dienone is 1. The highest BCUT2D eigenvalue weighted by Gasteiger charge is 2.15. The quantitative estimate of drug-likeness (QED) is 0.607. The Morgan fingerprint density at radius 3 is 2.38 bits per heavy atom. The SMILES string of the molecule is C=CCn1c(=NS(=O)(=O)c2ccccc2)sc2cc(S(C)(=O)=O)ccc21. The van der Waals surface area contributed by atoms with Gasteiger partial charge in [0.1, 0.15) is 0 Å². The molecule has 0 unspecified atom stereocenters. The molecule has 0 aliphatic rings. The number of sulfonamides is 1. The molecule has 26 heavy (non-hydrogen) atoms. The van der Waals surface area contributed by atoms with E-state index < -0.39 is 19.9 Å². The van der Waals surface area contributed by atoms with Crippen LogP contribution in [0.5, 0.6) is 0 Å². The number of sulfone groups is 1. The average Bonchev–Trinajstić information content (AvgIpc) is 2.91. The van der Waals surface area contributed by atoms with Crippen LogP contribution in [0.3, 0.4) is 0 Å². The van der Waals surface area contributed by atoms with Crippen LogP contribution < -0.4 is 4.80 Å². The molecule has 0 bridgehead atoms. The molecule has 0 radical (unpaired) electrons. The molecule has 0 spiro atoms. The monoisotopic (exact) mass is 408 g/mol. The van der Waals surface area contributed by atoms with Gasteiger partial charge in [-0.05, 0) is 30.3 Å². The summed E-state index contributed by atoms with van der Waals surface area (Å²) in [5, 5.41) is 0. The average molecular weight is 409 g/mol. The van der Waals surface area contributed by atoms with Crippen molar-refractivity contribution in [2.24, 2.45) is 4.40 Å². The van der Waals surface area contributed by atoms with Crippen molar-refractivity contribution in [1.29, 1.82) is 0 Å². The minimum atomic E-state index is -3.88. The predicted molar refractivity (Wildman–Crippen MR) is 102 cm³/mol. The van der Waals surface area contributed by atoms with Gasteiger partial charge in [0.15, 0.2) is 9.84 Å². The molecule has 0 amide bonds. The highest BCUT2D eigenvalue weighted by molar-refractivity contribution is 7.90. The van der Waals surface area contributed by atoms with Crippen molar-refractivity contribution >= 4 is 41.4 Å². The smallest absolute Gasteiger partial charge is 0.285 e. The van der Waals surface area contributed by atoms with Crippen LogP contribution in [-0.4, -0.2) is 27.7 Å². The van der Waals surface area contributed by atoms with E-state index in [4.69, 9.17) is 0 Å². The molecule has 1 heterocycles. The summed E-state index contributed by atoms with van der Waals surface area (Å²) in [6.07, 6.45) is 2.76. The zero-order valence-corrected chi connectivity index (χ0v) is 16.3. The highest BCUT2D eigenvalue weighted by atomic mass is 32.2. The van der Waals surface area contributed by atoms with Gasteiger partial charge in [-0.15, -0.1) is 11.0 Å². The van der Waals surface area contributed by atoms with E-state index in [1.54, 1.807) is 34.9 Å². The molecule has 0 atom stereocenters. The molecule has 0 fully saturated rings. The first-order chi connectivity index (χ1) is 12.2. The summed E-state index contributed by atoms with van der Waals surface area (Å²) in [7, 11) is -7.24. The second-order valence-corrected chi connectivity index (χ2v) is 10.2. The molecule has 0 aliphatic heterocycles. The fourth-order valence-corrected chi connectivity index (χ4v) is 5.43. The molecule has 1 aromatic heterocycles. The molecular weight excluding hydrogens is 392 g/mol. The van der Waals surface area contributed by atoms with Crippen molar-refractivity contribution in [3.05, 3.63) is 66.0 Å². The Balaban J connectivity index is 2.28. The molecule has 9 heteroatoms. The Morgan fingerprint density at radius 2 is 1.77 bits per heavy atom. The molecule has 3 aromatic rings. The van der Waals surface area contributed by atoms with Crippen LogP contribution in [0.1, 0.15) is 0 Å². The summed E-state index contributed by atoms with van der Waals surface area (Å²) < 4.78 is 55.0. The van der Waals surface area contributed by atoms with E-state index in [2.05, 4.69) is 11.0 Å². The van der Waals surface area contributed by atoms with Crippen LogP contribution in [0.15, 0.2) is 75.4 Å². The lowest BCUT2D eigenvalue weighted by atomic mass is 10.3. The Labute approximate surface area is 155 Å². The third kappa shape index (κ3) is 3.64. The number of hydrogen-bond acceptors (Lipinski definition) is 5. The van der Waals surface area contributed by atoms with Gasteiger partial charge in [-0.1, -0.05) is 35.6 Å². The fourth-order valence-electron chi connectivity index (χ4n) is 2.41. The van der Waals surface area contributed by atoms with Crippen LogP contribution in [0.4, 0.5) is 0 Å². The van der Waals surface area contributed by atoms with E-state index in [1.807, 2.05) is 0 Å². The molecule has 2 aromatic carbocycles. The second kappa shape index (κ2) is 6.82. The van der Waals surface area contributed by atoms with Crippen LogP contribution in [-0.2, 0) is 26.4 Å². The van der Waals surface area contributed by atoms with Crippen molar-refractivity contribution in [2.45, 2.75) is 16.3 Å². The summed E-state index contributed by atoms with van der Waals surface area (Å²) in [6, 6.07) is 12.6. The molecule has 6 nitrogen and oxygen atoms in total. The Morgan fingerprint density at radius 1 is 1.08 bits per heavy atom. The maximum Gasteiger partial charge on any atom is 0.285 e. The summed E-state index contributed by atoms with van der Waals surface area (Å²) in [5.41, 5.74) is 0.698. The number of fused-ring (bicyclic) bond motifs is 1. The number of nitrogens with zero attached hydrogens (tertiary/aromatic N) is 2. The standard InChI is InChI=1S/C17H16N2O4S3/c1-3-11-19-15-10-9-14(25(2,20)21)12-16(15)24-17(19)18-26(22,23)13-7-5-4-6-8-13/h3-10,12H,1,11H2,2H3. The summed E-state index contributed by atoms with van der Waals surface area (Å²) in [4.78, 5) is 0.531. The maximum atomic E-state index is 12.6. The number of thiazole rings is 1. The van der Waals surface area contributed by atoms with Crippen LogP contribution in [0.2, 0.25) is 0 Å². The second-order valence-electron chi connectivity index (χ2n) is 5.57. The third-order valence-electron chi connectivity index (χ3n) is 3.63. The van der Waals surface area contributed by atoms with Gasteiger partial charge in [-0.25, -0.2) is 8.42 Å². The number of aromatic nitrogens is 1. The molecule has 0 N–H and O–H groups in total. The van der Waals surface area contributed by atoms with Gasteiger partial charge in [0.25, 0.3) is 10.0 Å². The molecular formula is C17H16N2O4S3. The molecule has 0 saturated carbocycles. The van der Waals surface area contributed by atoms with E-state index in [9.17, 15) is 16.8 Å². The lowest BCUT2D eigenvalue weighted by Gasteiger charge is -2.02. The molecule has 136 valence electrons. The summed E-state index contributed by atoms with van der Waals surface area (Å²) in [5.74, 6) is 0. The predicted octanol–water partition coefficient (Wildman–Crippen LogP) is 2.58. The van der Waals surface area contributed by atoms with Gasteiger partial charge >= 0.3 is 0 Å². The van der Waals surface area contributed by atoms with Gasteiger partial charge in [0, 0.05) is 12.8 Å². The van der Waals surface area contributed by atoms with E-state index in [0.29, 0.717) is 16.8 Å². The van der Waals surface area contributed by atoms with Crippen molar-refractivity contribution in [1.82, 2.24) is 4.57 Å². The van der Waals surface area contributed by atoms with Crippen molar-refractivity contribution < 1.29 is 16.8 Å². The number of benzene rings is 2. The number of hydrogen-bond donors (Lipinski definition) is 0. The normalized spacial score (nSPS) is 13.2. The first kappa shape index (κ1) is 18.6. The van der Waals surface area contributed by atoms with Gasteiger partial charge in [0.05, 0.1) is 20.0 Å². The molecule has 3 rings (SSSR count). The largest absolute Gasteiger partial charge is 0.312 e. The van der Waals surface area contributed by atoms with E-state index in [0.717, 1.165) is 17.6 Å². The Bertz CT molecular complexity index is 1250. The Hall–Kier alpha value is -2.23. The first-order valence-corrected chi connectivity index (χ1v) is 11.7. The van der Waals surface area contributed by atoms with Gasteiger partial charge in [-0.2, -0.15) is 8.42 Å². The fraction of sp³-hybridized carbons (Fsp3) is 0.118. The van der Waals surface area contributed by atoms with E-state index >= 15 is 0 Å². The van der Waals surface area contributed by atoms with Crippen LogP contribution >= 0.6 is 11.3 Å². The maximum absolute atomic E-state index is 12.6. The first-order valence-electron chi connectivity index (χ1n) is 7.53. The van der Waals surface area contributed by atoms with E-state index in [1.165, 1.54) is 24.3 Å².